The summed E-state index contributed by atoms with van der Waals surface area (Å²) in [6.45, 7) is 4.15. The zero-order valence-corrected chi connectivity index (χ0v) is 11.5. The van der Waals surface area contributed by atoms with Crippen LogP contribution in [0.15, 0.2) is 28.2 Å². The van der Waals surface area contributed by atoms with E-state index in [-0.39, 0.29) is 24.3 Å². The molecule has 18 heavy (non-hydrogen) atoms. The number of nitrogens with two attached hydrogens (primary N) is 3. The monoisotopic (exact) mass is 269 g/mol. The number of nitrogens with zero attached hydrogens (tertiary/aromatic N) is 2. The smallest absolute Gasteiger partial charge is 0.223 e. The van der Waals surface area contributed by atoms with Crippen molar-refractivity contribution in [3.8, 4) is 0 Å². The summed E-state index contributed by atoms with van der Waals surface area (Å²) >= 11 is 0. The quantitative estimate of drug-likeness (QED) is 0.571. The number of aryl methyl sites for hydroxylation is 2. The van der Waals surface area contributed by atoms with Gasteiger partial charge in [-0.3, -0.25) is 0 Å². The summed E-state index contributed by atoms with van der Waals surface area (Å²) in [5, 5.41) is 0. The third-order valence-corrected chi connectivity index (χ3v) is 2.43. The SMILES string of the molecule is CCc1cccc(CC)c1N=C(N)N=C(N)N.Cl. The Morgan fingerprint density at radius 1 is 1.06 bits per heavy atom. The maximum atomic E-state index is 5.66. The van der Waals surface area contributed by atoms with Crippen LogP contribution in [0.1, 0.15) is 25.0 Å². The molecule has 6 heteroatoms. The number of halogens is 1. The van der Waals surface area contributed by atoms with Gasteiger partial charge in [-0.05, 0) is 24.0 Å². The maximum absolute atomic E-state index is 5.66. The molecule has 0 aliphatic rings. The van der Waals surface area contributed by atoms with Gasteiger partial charge in [0.1, 0.15) is 0 Å². The molecule has 0 amide bonds. The molecule has 1 rings (SSSR count). The molecular weight excluding hydrogens is 250 g/mol. The van der Waals surface area contributed by atoms with Crippen LogP contribution in [0.2, 0.25) is 0 Å². The molecule has 0 atom stereocenters. The molecule has 6 N–H and O–H groups in total. The average molecular weight is 270 g/mol. The first-order chi connectivity index (χ1) is 8.08. The Balaban J connectivity index is 0.00000289. The van der Waals surface area contributed by atoms with Gasteiger partial charge in [0.15, 0.2) is 5.96 Å². The molecule has 0 fully saturated rings. The average Bonchev–Trinajstić information content (AvgIpc) is 2.28. The van der Waals surface area contributed by atoms with Crippen LogP contribution < -0.4 is 17.2 Å². The Morgan fingerprint density at radius 2 is 1.56 bits per heavy atom. The standard InChI is InChI=1S/C12H19N5.ClH/c1-3-8-6-5-7-9(4-2)10(8)16-12(15)17-11(13)14;/h5-7H,3-4H2,1-2H3,(H6,13,14,15,16,17);1H. The van der Waals surface area contributed by atoms with Gasteiger partial charge in [0.25, 0.3) is 0 Å². The first kappa shape index (κ1) is 16.2. The minimum Gasteiger partial charge on any atom is -0.370 e. The minimum atomic E-state index is -0.0849. The number of aliphatic imine (C=N–C) groups is 2. The van der Waals surface area contributed by atoms with Crippen LogP contribution >= 0.6 is 12.4 Å². The van der Waals surface area contributed by atoms with Crippen molar-refractivity contribution >= 4 is 30.0 Å². The highest BCUT2D eigenvalue weighted by atomic mass is 35.5. The van der Waals surface area contributed by atoms with Crippen molar-refractivity contribution in [3.05, 3.63) is 29.3 Å². The van der Waals surface area contributed by atoms with Gasteiger partial charge in [0, 0.05) is 0 Å². The molecule has 0 aliphatic heterocycles. The highest BCUT2D eigenvalue weighted by Crippen LogP contribution is 2.25. The van der Waals surface area contributed by atoms with Gasteiger partial charge < -0.3 is 17.2 Å². The third-order valence-electron chi connectivity index (χ3n) is 2.43. The van der Waals surface area contributed by atoms with Gasteiger partial charge in [-0.15, -0.1) is 12.4 Å². The van der Waals surface area contributed by atoms with Crippen molar-refractivity contribution in [2.45, 2.75) is 26.7 Å². The first-order valence-electron chi connectivity index (χ1n) is 5.63. The molecule has 0 aromatic heterocycles. The number of rotatable bonds is 3. The minimum absolute atomic E-state index is 0. The van der Waals surface area contributed by atoms with Crippen molar-refractivity contribution < 1.29 is 0 Å². The summed E-state index contributed by atoms with van der Waals surface area (Å²) < 4.78 is 0. The zero-order valence-electron chi connectivity index (χ0n) is 10.7. The van der Waals surface area contributed by atoms with Crippen LogP contribution in [0.5, 0.6) is 0 Å². The van der Waals surface area contributed by atoms with Crippen LogP contribution in [-0.4, -0.2) is 11.9 Å². The fraction of sp³-hybridized carbons (Fsp3) is 0.333. The van der Waals surface area contributed by atoms with Gasteiger partial charge in [-0.2, -0.15) is 4.99 Å². The molecule has 100 valence electrons. The molecule has 5 nitrogen and oxygen atoms in total. The molecule has 0 unspecified atom stereocenters. The van der Waals surface area contributed by atoms with Crippen molar-refractivity contribution in [1.29, 1.82) is 0 Å². The Labute approximate surface area is 114 Å². The van der Waals surface area contributed by atoms with E-state index in [4.69, 9.17) is 17.2 Å². The van der Waals surface area contributed by atoms with Gasteiger partial charge in [0.2, 0.25) is 5.96 Å². The number of para-hydroxylation sites is 1. The Kier molecular flexibility index (Phi) is 6.82. The van der Waals surface area contributed by atoms with Gasteiger partial charge >= 0.3 is 0 Å². The molecule has 0 heterocycles. The summed E-state index contributed by atoms with van der Waals surface area (Å²) in [6, 6.07) is 6.08. The number of guanidine groups is 2. The predicted octanol–water partition coefficient (Wildman–Crippen LogP) is 1.45. The highest BCUT2D eigenvalue weighted by Gasteiger charge is 2.05. The van der Waals surface area contributed by atoms with E-state index in [1.807, 2.05) is 18.2 Å². The summed E-state index contributed by atoms with van der Waals surface area (Å²) in [5.41, 5.74) is 19.3. The molecule has 0 bridgehead atoms. The van der Waals surface area contributed by atoms with Gasteiger partial charge in [-0.25, -0.2) is 4.99 Å². The molecule has 0 aliphatic carbocycles. The largest absolute Gasteiger partial charge is 0.370 e. The van der Waals surface area contributed by atoms with E-state index in [9.17, 15) is 0 Å². The van der Waals surface area contributed by atoms with E-state index in [0.717, 1.165) is 29.7 Å². The lowest BCUT2D eigenvalue weighted by Crippen LogP contribution is -2.26. The van der Waals surface area contributed by atoms with E-state index in [1.165, 1.54) is 0 Å². The molecule has 0 radical (unpaired) electrons. The lowest BCUT2D eigenvalue weighted by atomic mass is 10.0. The van der Waals surface area contributed by atoms with Crippen molar-refractivity contribution in [2.24, 2.45) is 27.2 Å². The topological polar surface area (TPSA) is 103 Å². The van der Waals surface area contributed by atoms with Crippen molar-refractivity contribution in [2.75, 3.05) is 0 Å². The normalized spacial score (nSPS) is 10.7. The van der Waals surface area contributed by atoms with Gasteiger partial charge in [-0.1, -0.05) is 32.0 Å². The lowest BCUT2D eigenvalue weighted by molar-refractivity contribution is 1.08. The molecule has 0 saturated heterocycles. The fourth-order valence-electron chi connectivity index (χ4n) is 1.63. The highest BCUT2D eigenvalue weighted by molar-refractivity contribution is 5.93. The second kappa shape index (κ2) is 7.55. The second-order valence-electron chi connectivity index (χ2n) is 3.64. The molecule has 1 aromatic rings. The van der Waals surface area contributed by atoms with Crippen molar-refractivity contribution in [3.63, 3.8) is 0 Å². The van der Waals surface area contributed by atoms with E-state index in [1.54, 1.807) is 0 Å². The third kappa shape index (κ3) is 4.25. The molecular formula is C12H20ClN5. The van der Waals surface area contributed by atoms with Crippen LogP contribution in [0.25, 0.3) is 0 Å². The summed E-state index contributed by atoms with van der Waals surface area (Å²) in [4.78, 5) is 8.01. The van der Waals surface area contributed by atoms with E-state index in [0.29, 0.717) is 0 Å². The molecule has 0 saturated carbocycles. The summed E-state index contributed by atoms with van der Waals surface area (Å²) in [7, 11) is 0. The summed E-state index contributed by atoms with van der Waals surface area (Å²) in [6.07, 6.45) is 1.78. The predicted molar refractivity (Wildman–Crippen MR) is 79.5 cm³/mol. The van der Waals surface area contributed by atoms with Crippen LogP contribution in [0, 0.1) is 0 Å². The Bertz CT molecular complexity index is 428. The Hall–Kier alpha value is -1.75. The number of hydrogen-bond acceptors (Lipinski definition) is 1. The summed E-state index contributed by atoms with van der Waals surface area (Å²) in [5.74, 6) is -0.00104. The van der Waals surface area contributed by atoms with E-state index < -0.39 is 0 Å². The van der Waals surface area contributed by atoms with Crippen LogP contribution in [0.3, 0.4) is 0 Å². The zero-order chi connectivity index (χ0) is 12.8. The van der Waals surface area contributed by atoms with E-state index >= 15 is 0 Å². The van der Waals surface area contributed by atoms with Gasteiger partial charge in [0.05, 0.1) is 5.69 Å². The number of hydrogen-bond donors (Lipinski definition) is 3. The fourth-order valence-corrected chi connectivity index (χ4v) is 1.63. The molecule has 1 aromatic carbocycles. The maximum Gasteiger partial charge on any atom is 0.223 e. The number of benzene rings is 1. The van der Waals surface area contributed by atoms with Crippen LogP contribution in [-0.2, 0) is 12.8 Å². The van der Waals surface area contributed by atoms with Crippen molar-refractivity contribution in [1.82, 2.24) is 0 Å². The van der Waals surface area contributed by atoms with Crippen LogP contribution in [0.4, 0.5) is 5.69 Å². The second-order valence-corrected chi connectivity index (χ2v) is 3.64. The van der Waals surface area contributed by atoms with E-state index in [2.05, 4.69) is 23.8 Å². The lowest BCUT2D eigenvalue weighted by Gasteiger charge is -2.08. The molecule has 0 spiro atoms. The Morgan fingerprint density at radius 3 is 1.94 bits per heavy atom. The first-order valence-corrected chi connectivity index (χ1v) is 5.63.